The lowest BCUT2D eigenvalue weighted by Crippen LogP contribution is -2.30. The standard InChI is InChI=1S/C57H92O6/c1-4-7-10-13-16-19-22-25-26-27-28-29-30-33-35-38-41-44-47-50-56(59)62-53-54(63-57(60)51-48-45-42-39-36-32-24-21-18-15-12-9-6-3)52-61-55(58)49-46-43-40-37-34-31-23-20-17-14-11-8-5-2/h7,9-10,12,16,18-19,21,25-26,28-29,32-33,35-36,42,45,54H,4-6,8,11,13-15,17,20,22-24,27,30-31,34,37-41,43-44,46-53H2,1-3H3/b10-7-,12-9-,19-16-,21-18-,26-25-,29-28-,35-33-,36-32-,45-42-. The van der Waals surface area contributed by atoms with Crippen molar-refractivity contribution >= 4 is 17.9 Å². The van der Waals surface area contributed by atoms with Crippen LogP contribution in [0.1, 0.15) is 213 Å². The zero-order valence-corrected chi connectivity index (χ0v) is 40.5. The van der Waals surface area contributed by atoms with Gasteiger partial charge in [0.2, 0.25) is 0 Å². The number of hydrogen-bond donors (Lipinski definition) is 0. The summed E-state index contributed by atoms with van der Waals surface area (Å²) in [6, 6.07) is 0. The molecule has 1 unspecified atom stereocenters. The highest BCUT2D eigenvalue weighted by Gasteiger charge is 2.19. The monoisotopic (exact) mass is 873 g/mol. The highest BCUT2D eigenvalue weighted by Crippen LogP contribution is 2.14. The van der Waals surface area contributed by atoms with Crippen LogP contribution in [0.2, 0.25) is 0 Å². The Labute approximate surface area is 387 Å². The first-order valence-corrected chi connectivity index (χ1v) is 25.4. The van der Waals surface area contributed by atoms with Crippen LogP contribution in [0, 0.1) is 0 Å². The average molecular weight is 873 g/mol. The molecule has 0 fully saturated rings. The van der Waals surface area contributed by atoms with E-state index in [0.717, 1.165) is 103 Å². The summed E-state index contributed by atoms with van der Waals surface area (Å²) in [4.78, 5) is 37.9. The second-order valence-corrected chi connectivity index (χ2v) is 16.3. The molecular formula is C57H92O6. The first-order valence-electron chi connectivity index (χ1n) is 25.4. The summed E-state index contributed by atoms with van der Waals surface area (Å²) in [7, 11) is 0. The van der Waals surface area contributed by atoms with Gasteiger partial charge in [0.25, 0.3) is 0 Å². The predicted molar refractivity (Wildman–Crippen MR) is 270 cm³/mol. The Bertz CT molecular complexity index is 1330. The van der Waals surface area contributed by atoms with Crippen molar-refractivity contribution < 1.29 is 28.6 Å². The van der Waals surface area contributed by atoms with E-state index in [1.54, 1.807) is 0 Å². The SMILES string of the molecule is CC/C=C\C/C=C\C/C=C\C/C=C\C/C=C\CCCCCC(=O)OCC(COC(=O)CCCCCCCCCCCCCCC)OC(=O)CC/C=C\C/C=C\C/C=C\C/C=C\CC. The molecule has 0 aliphatic rings. The number of ether oxygens (including phenoxy) is 3. The second kappa shape index (κ2) is 50.7. The summed E-state index contributed by atoms with van der Waals surface area (Å²) in [5, 5.41) is 0. The average Bonchev–Trinajstić information content (AvgIpc) is 3.28. The summed E-state index contributed by atoms with van der Waals surface area (Å²) in [6.07, 6.45) is 68.0. The Morgan fingerprint density at radius 1 is 0.333 bits per heavy atom. The third-order valence-electron chi connectivity index (χ3n) is 10.3. The van der Waals surface area contributed by atoms with Crippen LogP contribution < -0.4 is 0 Å². The van der Waals surface area contributed by atoms with Crippen molar-refractivity contribution in [3.8, 4) is 0 Å². The quantitative estimate of drug-likeness (QED) is 0.0263. The molecule has 356 valence electrons. The van der Waals surface area contributed by atoms with Crippen LogP contribution in [-0.4, -0.2) is 37.2 Å². The van der Waals surface area contributed by atoms with Crippen LogP contribution in [0.3, 0.4) is 0 Å². The Morgan fingerprint density at radius 3 is 1.03 bits per heavy atom. The lowest BCUT2D eigenvalue weighted by atomic mass is 10.0. The van der Waals surface area contributed by atoms with Crippen LogP contribution >= 0.6 is 0 Å². The molecule has 0 heterocycles. The van der Waals surface area contributed by atoms with Crippen LogP contribution in [0.25, 0.3) is 0 Å². The maximum atomic E-state index is 12.7. The largest absolute Gasteiger partial charge is 0.462 e. The van der Waals surface area contributed by atoms with Crippen molar-refractivity contribution in [2.45, 2.75) is 219 Å². The summed E-state index contributed by atoms with van der Waals surface area (Å²) < 4.78 is 16.7. The smallest absolute Gasteiger partial charge is 0.306 e. The molecule has 1 atom stereocenters. The van der Waals surface area contributed by atoms with Gasteiger partial charge < -0.3 is 14.2 Å². The van der Waals surface area contributed by atoms with E-state index in [4.69, 9.17) is 14.2 Å². The molecule has 0 aromatic rings. The highest BCUT2D eigenvalue weighted by atomic mass is 16.6. The molecule has 0 saturated carbocycles. The molecule has 0 aromatic carbocycles. The van der Waals surface area contributed by atoms with Gasteiger partial charge in [0.15, 0.2) is 6.10 Å². The molecule has 0 amide bonds. The van der Waals surface area contributed by atoms with Crippen molar-refractivity contribution in [1.82, 2.24) is 0 Å². The Hall–Kier alpha value is -3.93. The number of hydrogen-bond acceptors (Lipinski definition) is 6. The van der Waals surface area contributed by atoms with E-state index in [-0.39, 0.29) is 31.6 Å². The van der Waals surface area contributed by atoms with E-state index in [1.165, 1.54) is 64.2 Å². The number of carbonyl (C=O) groups excluding carboxylic acids is 3. The van der Waals surface area contributed by atoms with Gasteiger partial charge in [0, 0.05) is 19.3 Å². The predicted octanol–water partition coefficient (Wildman–Crippen LogP) is 16.8. The molecule has 63 heavy (non-hydrogen) atoms. The molecule has 6 heteroatoms. The summed E-state index contributed by atoms with van der Waals surface area (Å²) in [5.74, 6) is -1.04. The lowest BCUT2D eigenvalue weighted by Gasteiger charge is -2.18. The maximum absolute atomic E-state index is 12.7. The van der Waals surface area contributed by atoms with E-state index < -0.39 is 12.1 Å². The summed E-state index contributed by atoms with van der Waals surface area (Å²) in [6.45, 7) is 6.30. The van der Waals surface area contributed by atoms with Gasteiger partial charge in [-0.15, -0.1) is 0 Å². The van der Waals surface area contributed by atoms with E-state index in [1.807, 2.05) is 12.2 Å². The first kappa shape index (κ1) is 59.1. The molecule has 0 saturated heterocycles. The van der Waals surface area contributed by atoms with Gasteiger partial charge in [-0.25, -0.2) is 0 Å². The molecule has 0 bridgehead atoms. The zero-order valence-electron chi connectivity index (χ0n) is 40.5. The fraction of sp³-hybridized carbons (Fsp3) is 0.632. The Kier molecular flexibility index (Phi) is 47.5. The minimum atomic E-state index is -0.829. The van der Waals surface area contributed by atoms with E-state index in [2.05, 4.69) is 118 Å². The van der Waals surface area contributed by atoms with E-state index in [9.17, 15) is 14.4 Å². The molecule has 6 nitrogen and oxygen atoms in total. The number of unbranched alkanes of at least 4 members (excludes halogenated alkanes) is 15. The molecule has 0 N–H and O–H groups in total. The summed E-state index contributed by atoms with van der Waals surface area (Å²) in [5.41, 5.74) is 0. The summed E-state index contributed by atoms with van der Waals surface area (Å²) >= 11 is 0. The zero-order chi connectivity index (χ0) is 45.8. The van der Waals surface area contributed by atoms with Crippen LogP contribution in [0.15, 0.2) is 109 Å². The Morgan fingerprint density at radius 2 is 0.651 bits per heavy atom. The van der Waals surface area contributed by atoms with Crippen LogP contribution in [0.4, 0.5) is 0 Å². The van der Waals surface area contributed by atoms with Crippen molar-refractivity contribution in [3.05, 3.63) is 109 Å². The van der Waals surface area contributed by atoms with Gasteiger partial charge in [0.05, 0.1) is 0 Å². The van der Waals surface area contributed by atoms with Gasteiger partial charge >= 0.3 is 17.9 Å². The van der Waals surface area contributed by atoms with Crippen molar-refractivity contribution in [3.63, 3.8) is 0 Å². The number of carbonyl (C=O) groups is 3. The maximum Gasteiger partial charge on any atom is 0.306 e. The van der Waals surface area contributed by atoms with Crippen molar-refractivity contribution in [2.24, 2.45) is 0 Å². The molecule has 0 radical (unpaired) electrons. The molecular weight excluding hydrogens is 781 g/mol. The van der Waals surface area contributed by atoms with E-state index in [0.29, 0.717) is 19.3 Å². The van der Waals surface area contributed by atoms with Crippen LogP contribution in [-0.2, 0) is 28.6 Å². The highest BCUT2D eigenvalue weighted by molar-refractivity contribution is 5.71. The van der Waals surface area contributed by atoms with Gasteiger partial charge in [-0.1, -0.05) is 214 Å². The molecule has 0 aliphatic heterocycles. The third-order valence-corrected chi connectivity index (χ3v) is 10.3. The molecule has 0 rings (SSSR count). The lowest BCUT2D eigenvalue weighted by molar-refractivity contribution is -0.166. The minimum absolute atomic E-state index is 0.118. The molecule has 0 aromatic heterocycles. The minimum Gasteiger partial charge on any atom is -0.462 e. The van der Waals surface area contributed by atoms with Gasteiger partial charge in [-0.2, -0.15) is 0 Å². The number of rotatable bonds is 44. The fourth-order valence-corrected chi connectivity index (χ4v) is 6.54. The third kappa shape index (κ3) is 49.0. The fourth-order valence-electron chi connectivity index (χ4n) is 6.54. The second-order valence-electron chi connectivity index (χ2n) is 16.3. The van der Waals surface area contributed by atoms with Crippen LogP contribution in [0.5, 0.6) is 0 Å². The molecule has 0 aliphatic carbocycles. The van der Waals surface area contributed by atoms with Gasteiger partial charge in [0.1, 0.15) is 13.2 Å². The number of esters is 3. The van der Waals surface area contributed by atoms with Crippen molar-refractivity contribution in [2.75, 3.05) is 13.2 Å². The number of allylic oxidation sites excluding steroid dienone is 18. The van der Waals surface area contributed by atoms with E-state index >= 15 is 0 Å². The van der Waals surface area contributed by atoms with Crippen molar-refractivity contribution in [1.29, 1.82) is 0 Å². The molecule has 0 spiro atoms. The topological polar surface area (TPSA) is 78.9 Å². The van der Waals surface area contributed by atoms with Gasteiger partial charge in [-0.3, -0.25) is 14.4 Å². The normalized spacial score (nSPS) is 13.0. The Balaban J connectivity index is 4.52. The van der Waals surface area contributed by atoms with Gasteiger partial charge in [-0.05, 0) is 89.9 Å². The first-order chi connectivity index (χ1) is 31.0.